The Morgan fingerprint density at radius 2 is 1.93 bits per heavy atom. The molecule has 0 aromatic heterocycles. The monoisotopic (exact) mass is 412 g/mol. The first-order valence-corrected chi connectivity index (χ1v) is 11.8. The number of ether oxygens (including phenoxy) is 1. The molecule has 8 heteroatoms. The van der Waals surface area contributed by atoms with Crippen LogP contribution < -0.4 is 4.74 Å². The predicted octanol–water partition coefficient (Wildman–Crippen LogP) is 2.77. The van der Waals surface area contributed by atoms with Crippen LogP contribution in [0, 0.1) is 5.92 Å². The lowest BCUT2D eigenvalue weighted by Gasteiger charge is -2.30. The first-order valence-electron chi connectivity index (χ1n) is 9.53. The lowest BCUT2D eigenvalue weighted by molar-refractivity contribution is 0.0703. The van der Waals surface area contributed by atoms with Crippen molar-refractivity contribution in [1.29, 1.82) is 0 Å². The van der Waals surface area contributed by atoms with E-state index in [4.69, 9.17) is 16.3 Å². The maximum atomic E-state index is 12.8. The smallest absolute Gasteiger partial charge is 0.254 e. The second-order valence-electron chi connectivity index (χ2n) is 7.91. The number of sulfonamides is 1. The number of likely N-dealkylation sites (tertiary alicyclic amines) is 1. The summed E-state index contributed by atoms with van der Waals surface area (Å²) < 4.78 is 30.6. The number of piperidine rings is 2. The van der Waals surface area contributed by atoms with Gasteiger partial charge in [0, 0.05) is 31.2 Å². The van der Waals surface area contributed by atoms with Gasteiger partial charge in [0.15, 0.2) is 0 Å². The predicted molar refractivity (Wildman–Crippen MR) is 104 cm³/mol. The number of hydrogen-bond acceptors (Lipinski definition) is 4. The highest BCUT2D eigenvalue weighted by molar-refractivity contribution is 7.88. The van der Waals surface area contributed by atoms with Gasteiger partial charge in [0.25, 0.3) is 5.91 Å². The number of nitrogens with zero attached hydrogens (tertiary/aromatic N) is 2. The molecular weight excluding hydrogens is 388 g/mol. The van der Waals surface area contributed by atoms with Crippen LogP contribution in [0.25, 0.3) is 0 Å². The number of carbonyl (C=O) groups is 1. The van der Waals surface area contributed by atoms with Gasteiger partial charge in [-0.2, -0.15) is 0 Å². The van der Waals surface area contributed by atoms with Crippen LogP contribution in [-0.4, -0.2) is 61.6 Å². The fraction of sp³-hybridized carbons (Fsp3) is 0.632. The maximum Gasteiger partial charge on any atom is 0.254 e. The molecule has 0 spiro atoms. The van der Waals surface area contributed by atoms with E-state index in [1.54, 1.807) is 18.2 Å². The first-order chi connectivity index (χ1) is 12.8. The minimum atomic E-state index is -3.15. The Balaban J connectivity index is 1.38. The number of rotatable bonds is 4. The molecule has 1 saturated carbocycles. The molecule has 1 aliphatic carbocycles. The van der Waals surface area contributed by atoms with E-state index in [9.17, 15) is 13.2 Å². The summed E-state index contributed by atoms with van der Waals surface area (Å²) in [4.78, 5) is 14.8. The highest BCUT2D eigenvalue weighted by Gasteiger charge is 2.40. The summed E-state index contributed by atoms with van der Waals surface area (Å²) >= 11 is 6.38. The quantitative estimate of drug-likeness (QED) is 0.762. The molecule has 2 atom stereocenters. The van der Waals surface area contributed by atoms with Crippen molar-refractivity contribution in [3.05, 3.63) is 28.8 Å². The van der Waals surface area contributed by atoms with Crippen molar-refractivity contribution < 1.29 is 17.9 Å². The summed E-state index contributed by atoms with van der Waals surface area (Å²) in [7, 11) is -3.15. The Kier molecular flexibility index (Phi) is 5.12. The second-order valence-corrected chi connectivity index (χ2v) is 10.3. The average Bonchev–Trinajstić information content (AvgIpc) is 3.26. The van der Waals surface area contributed by atoms with Gasteiger partial charge in [0.05, 0.1) is 11.3 Å². The summed E-state index contributed by atoms with van der Waals surface area (Å²) in [6.07, 6.45) is 5.88. The average molecular weight is 413 g/mol. The van der Waals surface area contributed by atoms with Crippen molar-refractivity contribution in [2.45, 2.75) is 44.2 Å². The molecule has 2 aliphatic heterocycles. The van der Waals surface area contributed by atoms with Crippen LogP contribution in [0.2, 0.25) is 5.02 Å². The van der Waals surface area contributed by atoms with Crippen molar-refractivity contribution in [3.8, 4) is 5.75 Å². The van der Waals surface area contributed by atoms with Crippen molar-refractivity contribution in [3.63, 3.8) is 0 Å². The topological polar surface area (TPSA) is 66.9 Å². The van der Waals surface area contributed by atoms with Crippen molar-refractivity contribution in [2.75, 3.05) is 25.9 Å². The molecule has 0 unspecified atom stereocenters. The van der Waals surface area contributed by atoms with E-state index in [0.29, 0.717) is 54.2 Å². The van der Waals surface area contributed by atoms with E-state index < -0.39 is 10.0 Å². The van der Waals surface area contributed by atoms with Crippen molar-refractivity contribution in [2.24, 2.45) is 5.92 Å². The molecule has 2 bridgehead atoms. The molecule has 148 valence electrons. The molecule has 0 N–H and O–H groups in total. The van der Waals surface area contributed by atoms with E-state index in [1.165, 1.54) is 17.0 Å². The van der Waals surface area contributed by atoms with Gasteiger partial charge in [-0.3, -0.25) is 4.79 Å². The zero-order valence-corrected chi connectivity index (χ0v) is 17.0. The summed E-state index contributed by atoms with van der Waals surface area (Å²) in [6, 6.07) is 5.61. The lowest BCUT2D eigenvalue weighted by atomic mass is 10.1. The summed E-state index contributed by atoms with van der Waals surface area (Å²) in [5.74, 6) is 1.26. The van der Waals surface area contributed by atoms with Gasteiger partial charge in [-0.1, -0.05) is 11.6 Å². The molecule has 0 radical (unpaired) electrons. The minimum absolute atomic E-state index is 0.0529. The third kappa shape index (κ3) is 3.96. The zero-order valence-electron chi connectivity index (χ0n) is 15.4. The molecule has 4 rings (SSSR count). The first kappa shape index (κ1) is 19.0. The van der Waals surface area contributed by atoms with E-state index >= 15 is 0 Å². The van der Waals surface area contributed by atoms with Crippen LogP contribution in [0.5, 0.6) is 5.75 Å². The fourth-order valence-electron chi connectivity index (χ4n) is 4.53. The zero-order chi connectivity index (χ0) is 19.2. The third-order valence-corrected chi connectivity index (χ3v) is 7.61. The van der Waals surface area contributed by atoms with Gasteiger partial charge < -0.3 is 9.64 Å². The van der Waals surface area contributed by atoms with E-state index in [0.717, 1.165) is 19.4 Å². The van der Waals surface area contributed by atoms with Gasteiger partial charge in [-0.25, -0.2) is 12.7 Å². The van der Waals surface area contributed by atoms with Gasteiger partial charge in [0.1, 0.15) is 11.9 Å². The van der Waals surface area contributed by atoms with E-state index in [-0.39, 0.29) is 12.0 Å². The molecule has 3 aliphatic rings. The Morgan fingerprint density at radius 1 is 1.19 bits per heavy atom. The Bertz CT molecular complexity index is 836. The normalized spacial score (nSPS) is 26.5. The van der Waals surface area contributed by atoms with Crippen LogP contribution in [0.3, 0.4) is 0 Å². The molecule has 1 aromatic rings. The van der Waals surface area contributed by atoms with Crippen LogP contribution in [0.4, 0.5) is 0 Å². The van der Waals surface area contributed by atoms with Crippen LogP contribution in [0.1, 0.15) is 42.5 Å². The van der Waals surface area contributed by atoms with Gasteiger partial charge in [-0.05, 0) is 56.2 Å². The summed E-state index contributed by atoms with van der Waals surface area (Å²) in [5, 5.41) is 0.427. The number of amides is 1. The summed E-state index contributed by atoms with van der Waals surface area (Å²) in [5.41, 5.74) is 0.604. The highest BCUT2D eigenvalue weighted by Crippen LogP contribution is 2.38. The van der Waals surface area contributed by atoms with Crippen LogP contribution in [0.15, 0.2) is 18.2 Å². The van der Waals surface area contributed by atoms with Crippen LogP contribution in [-0.2, 0) is 10.0 Å². The molecular formula is C19H25ClN2O4S. The number of halogens is 1. The number of benzene rings is 1. The van der Waals surface area contributed by atoms with Gasteiger partial charge in [-0.15, -0.1) is 0 Å². The summed E-state index contributed by atoms with van der Waals surface area (Å²) in [6.45, 7) is 1.77. The third-order valence-electron chi connectivity index (χ3n) is 6.01. The molecule has 1 aromatic carbocycles. The molecule has 27 heavy (non-hydrogen) atoms. The SMILES string of the molecule is CS(=O)(=O)N1CCC(Oc2ccc(C(=O)N3C[C@H]4CC[C@H]3C4)cc2Cl)CC1. The molecule has 1 amide bonds. The molecule has 2 heterocycles. The Morgan fingerprint density at radius 3 is 2.48 bits per heavy atom. The number of hydrogen-bond donors (Lipinski definition) is 0. The Labute approximate surface area is 165 Å². The number of fused-ring (bicyclic) bond motifs is 2. The highest BCUT2D eigenvalue weighted by atomic mass is 35.5. The van der Waals surface area contributed by atoms with E-state index in [2.05, 4.69) is 0 Å². The number of carbonyl (C=O) groups excluding carboxylic acids is 1. The Hall–Kier alpha value is -1.31. The van der Waals surface area contributed by atoms with Crippen LogP contribution >= 0.6 is 11.6 Å². The van der Waals surface area contributed by atoms with Crippen molar-refractivity contribution >= 4 is 27.5 Å². The van der Waals surface area contributed by atoms with Crippen molar-refractivity contribution in [1.82, 2.24) is 9.21 Å². The fourth-order valence-corrected chi connectivity index (χ4v) is 5.63. The molecule has 6 nitrogen and oxygen atoms in total. The molecule has 2 saturated heterocycles. The maximum absolute atomic E-state index is 12.8. The lowest BCUT2D eigenvalue weighted by Crippen LogP contribution is -2.41. The van der Waals surface area contributed by atoms with Gasteiger partial charge >= 0.3 is 0 Å². The minimum Gasteiger partial charge on any atom is -0.489 e. The van der Waals surface area contributed by atoms with Gasteiger partial charge in [0.2, 0.25) is 10.0 Å². The largest absolute Gasteiger partial charge is 0.489 e. The van der Waals surface area contributed by atoms with E-state index in [1.807, 2.05) is 4.90 Å². The molecule has 3 fully saturated rings. The second kappa shape index (κ2) is 7.26. The standard InChI is InChI=1S/C19H25ClN2O4S/c1-27(24,25)21-8-6-16(7-9-21)26-18-5-3-14(11-17(18)20)19(23)22-12-13-2-4-15(22)10-13/h3,5,11,13,15-16H,2,4,6-10,12H2,1H3/t13-,15-/m0/s1.